The number of amides is 1. The number of nitrogens with two attached hydrogens (primary N) is 1. The Balaban J connectivity index is 1.76. The first-order valence-electron chi connectivity index (χ1n) is 6.46. The lowest BCUT2D eigenvalue weighted by Crippen LogP contribution is -2.46. The van der Waals surface area contributed by atoms with E-state index in [-0.39, 0.29) is 11.7 Å². The number of hydrogen-bond donors (Lipinski definition) is 2. The van der Waals surface area contributed by atoms with E-state index in [0.717, 1.165) is 31.2 Å². The number of hydrogen-bond acceptors (Lipinski definition) is 3. The molecule has 2 aliphatic rings. The van der Waals surface area contributed by atoms with Crippen LogP contribution in [0.25, 0.3) is 0 Å². The molecule has 4 nitrogen and oxygen atoms in total. The van der Waals surface area contributed by atoms with Crippen molar-refractivity contribution in [1.82, 2.24) is 4.90 Å². The quantitative estimate of drug-likeness (QED) is 0.843. The number of carbonyl (C=O) groups is 1. The van der Waals surface area contributed by atoms with E-state index >= 15 is 0 Å². The minimum atomic E-state index is -0.598. The van der Waals surface area contributed by atoms with Crippen LogP contribution in [0.1, 0.15) is 31.2 Å². The standard InChI is InChI=1S/C14H18N2O2/c15-14(6-7-14)13(18)16(11-4-5-11)9-10-2-1-3-12(17)8-10/h1-3,8,11,17H,4-7,9,15H2. The predicted octanol–water partition coefficient (Wildman–Crippen LogP) is 1.37. The highest BCUT2D eigenvalue weighted by atomic mass is 16.3. The van der Waals surface area contributed by atoms with Gasteiger partial charge in [-0.3, -0.25) is 4.79 Å². The molecule has 96 valence electrons. The average Bonchev–Trinajstić information content (AvgIpc) is 3.21. The summed E-state index contributed by atoms with van der Waals surface area (Å²) in [4.78, 5) is 14.2. The molecule has 2 aliphatic carbocycles. The highest BCUT2D eigenvalue weighted by Gasteiger charge is 2.50. The number of phenolic OH excluding ortho intramolecular Hbond substituents is 1. The number of nitrogens with zero attached hydrogens (tertiary/aromatic N) is 1. The summed E-state index contributed by atoms with van der Waals surface area (Å²) < 4.78 is 0. The van der Waals surface area contributed by atoms with E-state index in [0.29, 0.717) is 12.6 Å². The van der Waals surface area contributed by atoms with E-state index in [1.54, 1.807) is 18.2 Å². The van der Waals surface area contributed by atoms with E-state index < -0.39 is 5.54 Å². The van der Waals surface area contributed by atoms with Crippen LogP contribution in [-0.2, 0) is 11.3 Å². The molecule has 18 heavy (non-hydrogen) atoms. The molecule has 0 atom stereocenters. The fraction of sp³-hybridized carbons (Fsp3) is 0.500. The third-order valence-corrected chi connectivity index (χ3v) is 3.73. The molecule has 0 spiro atoms. The van der Waals surface area contributed by atoms with Gasteiger partial charge >= 0.3 is 0 Å². The van der Waals surface area contributed by atoms with Crippen molar-refractivity contribution in [3.63, 3.8) is 0 Å². The van der Waals surface area contributed by atoms with E-state index in [4.69, 9.17) is 5.73 Å². The minimum Gasteiger partial charge on any atom is -0.508 e. The highest BCUT2D eigenvalue weighted by molar-refractivity contribution is 5.89. The lowest BCUT2D eigenvalue weighted by molar-refractivity contribution is -0.134. The Kier molecular flexibility index (Phi) is 2.55. The van der Waals surface area contributed by atoms with Crippen LogP contribution in [0.5, 0.6) is 5.75 Å². The van der Waals surface area contributed by atoms with E-state index in [1.165, 1.54) is 0 Å². The minimum absolute atomic E-state index is 0.0772. The summed E-state index contributed by atoms with van der Waals surface area (Å²) in [5.74, 6) is 0.318. The zero-order valence-electron chi connectivity index (χ0n) is 10.3. The van der Waals surface area contributed by atoms with Crippen LogP contribution in [0.15, 0.2) is 24.3 Å². The third kappa shape index (κ3) is 2.20. The molecule has 3 N–H and O–H groups in total. The van der Waals surface area contributed by atoms with Gasteiger partial charge in [0.05, 0.1) is 5.54 Å². The molecule has 0 unspecified atom stereocenters. The number of benzene rings is 1. The normalized spacial score (nSPS) is 20.5. The van der Waals surface area contributed by atoms with Crippen molar-refractivity contribution in [1.29, 1.82) is 0 Å². The van der Waals surface area contributed by atoms with Crippen molar-refractivity contribution < 1.29 is 9.90 Å². The van der Waals surface area contributed by atoms with Crippen LogP contribution in [0.2, 0.25) is 0 Å². The molecule has 4 heteroatoms. The molecule has 3 rings (SSSR count). The molecule has 0 aromatic heterocycles. The average molecular weight is 246 g/mol. The Morgan fingerprint density at radius 3 is 2.72 bits per heavy atom. The van der Waals surface area contributed by atoms with E-state index in [2.05, 4.69) is 0 Å². The molecule has 0 radical (unpaired) electrons. The molecule has 1 aromatic carbocycles. The van der Waals surface area contributed by atoms with Crippen molar-refractivity contribution >= 4 is 5.91 Å². The molecule has 1 amide bonds. The van der Waals surface area contributed by atoms with Crippen LogP contribution in [0, 0.1) is 0 Å². The second kappa shape index (κ2) is 3.99. The van der Waals surface area contributed by atoms with Gasteiger partial charge in [-0.1, -0.05) is 12.1 Å². The molecule has 0 bridgehead atoms. The van der Waals surface area contributed by atoms with Gasteiger partial charge in [0.25, 0.3) is 0 Å². The van der Waals surface area contributed by atoms with Gasteiger partial charge in [-0.2, -0.15) is 0 Å². The van der Waals surface area contributed by atoms with Crippen molar-refractivity contribution in [2.75, 3.05) is 0 Å². The second-order valence-corrected chi connectivity index (χ2v) is 5.49. The maximum absolute atomic E-state index is 12.3. The summed E-state index contributed by atoms with van der Waals surface area (Å²) in [5, 5.41) is 9.46. The lowest BCUT2D eigenvalue weighted by atomic mass is 10.1. The number of rotatable bonds is 4. The maximum Gasteiger partial charge on any atom is 0.243 e. The Morgan fingerprint density at radius 2 is 2.17 bits per heavy atom. The zero-order chi connectivity index (χ0) is 12.8. The maximum atomic E-state index is 12.3. The second-order valence-electron chi connectivity index (χ2n) is 5.49. The monoisotopic (exact) mass is 246 g/mol. The first-order chi connectivity index (χ1) is 8.58. The molecular formula is C14H18N2O2. The van der Waals surface area contributed by atoms with Gasteiger partial charge in [-0.05, 0) is 43.4 Å². The Labute approximate surface area is 106 Å². The summed E-state index contributed by atoms with van der Waals surface area (Å²) >= 11 is 0. The Morgan fingerprint density at radius 1 is 1.44 bits per heavy atom. The summed E-state index contributed by atoms with van der Waals surface area (Å²) in [6.45, 7) is 0.552. The molecular weight excluding hydrogens is 228 g/mol. The number of phenols is 1. The zero-order valence-corrected chi connectivity index (χ0v) is 10.3. The van der Waals surface area contributed by atoms with Crippen LogP contribution < -0.4 is 5.73 Å². The summed E-state index contributed by atoms with van der Waals surface area (Å²) in [6, 6.07) is 7.42. The van der Waals surface area contributed by atoms with Crippen LogP contribution in [0.4, 0.5) is 0 Å². The number of aromatic hydroxyl groups is 1. The topological polar surface area (TPSA) is 66.6 Å². The first kappa shape index (κ1) is 11.5. The highest BCUT2D eigenvalue weighted by Crippen LogP contribution is 2.38. The van der Waals surface area contributed by atoms with E-state index in [1.807, 2.05) is 11.0 Å². The van der Waals surface area contributed by atoms with Gasteiger partial charge in [-0.15, -0.1) is 0 Å². The Bertz CT molecular complexity index is 478. The summed E-state index contributed by atoms with van der Waals surface area (Å²) in [5.41, 5.74) is 6.36. The van der Waals surface area contributed by atoms with Gasteiger partial charge in [0, 0.05) is 12.6 Å². The molecule has 0 saturated heterocycles. The van der Waals surface area contributed by atoms with Crippen LogP contribution in [0.3, 0.4) is 0 Å². The molecule has 2 saturated carbocycles. The van der Waals surface area contributed by atoms with Gasteiger partial charge < -0.3 is 15.7 Å². The molecule has 2 fully saturated rings. The first-order valence-corrected chi connectivity index (χ1v) is 6.46. The SMILES string of the molecule is NC1(C(=O)N(Cc2cccc(O)c2)C2CC2)CC1. The fourth-order valence-electron chi connectivity index (χ4n) is 2.24. The van der Waals surface area contributed by atoms with Crippen molar-refractivity contribution in [2.45, 2.75) is 43.8 Å². The molecule has 0 aliphatic heterocycles. The van der Waals surface area contributed by atoms with Gasteiger partial charge in [0.2, 0.25) is 5.91 Å². The van der Waals surface area contributed by atoms with Gasteiger partial charge in [-0.25, -0.2) is 0 Å². The van der Waals surface area contributed by atoms with Crippen molar-refractivity contribution in [3.05, 3.63) is 29.8 Å². The van der Waals surface area contributed by atoms with Crippen molar-refractivity contribution in [2.24, 2.45) is 5.73 Å². The largest absolute Gasteiger partial charge is 0.508 e. The summed E-state index contributed by atoms with van der Waals surface area (Å²) in [7, 11) is 0. The Hall–Kier alpha value is -1.55. The van der Waals surface area contributed by atoms with Gasteiger partial charge in [0.1, 0.15) is 5.75 Å². The van der Waals surface area contributed by atoms with Crippen molar-refractivity contribution in [3.8, 4) is 5.75 Å². The fourth-order valence-corrected chi connectivity index (χ4v) is 2.24. The summed E-state index contributed by atoms with van der Waals surface area (Å²) in [6.07, 6.45) is 3.74. The van der Waals surface area contributed by atoms with E-state index in [9.17, 15) is 9.90 Å². The number of carbonyl (C=O) groups excluding carboxylic acids is 1. The van der Waals surface area contributed by atoms with Gasteiger partial charge in [0.15, 0.2) is 0 Å². The smallest absolute Gasteiger partial charge is 0.243 e. The molecule has 1 aromatic rings. The van der Waals surface area contributed by atoms with Crippen LogP contribution >= 0.6 is 0 Å². The predicted molar refractivity (Wildman–Crippen MR) is 67.8 cm³/mol. The third-order valence-electron chi connectivity index (χ3n) is 3.73. The molecule has 0 heterocycles. The van der Waals surface area contributed by atoms with Crippen LogP contribution in [-0.4, -0.2) is 27.5 Å². The lowest BCUT2D eigenvalue weighted by Gasteiger charge is -2.25.